The first-order valence-corrected chi connectivity index (χ1v) is 11.0. The number of rotatable bonds is 6. The summed E-state index contributed by atoms with van der Waals surface area (Å²) in [5.41, 5.74) is 2.77. The molecule has 1 saturated heterocycles. The smallest absolute Gasteiger partial charge is 0.411 e. The second kappa shape index (κ2) is 12.6. The highest BCUT2D eigenvalue weighted by Gasteiger charge is 2.14. The van der Waals surface area contributed by atoms with Gasteiger partial charge in [0.2, 0.25) is 0 Å². The van der Waals surface area contributed by atoms with Crippen LogP contribution in [0.25, 0.3) is 0 Å². The normalized spacial score (nSPS) is 13.8. The van der Waals surface area contributed by atoms with E-state index in [2.05, 4.69) is 26.6 Å². The topological polar surface area (TPSA) is 79.8 Å². The van der Waals surface area contributed by atoms with Crippen molar-refractivity contribution in [3.63, 3.8) is 0 Å². The summed E-state index contributed by atoms with van der Waals surface area (Å²) in [6.45, 7) is 6.43. The standard InChI is InChI=1S/C19H22BrFN2O3.C4H8O/c1-11-6-14(20)4-5-16(11)12(2)10-26-19(25)23-15-7-13(9-22-3)18(24)17(21)8-15;1-2-4-5-3-1/h4-8,12,22,24H,9-10H2,1-3H3,(H,23,25);1-4H2. The molecule has 2 aromatic carbocycles. The molecule has 1 fully saturated rings. The average molecular weight is 497 g/mol. The van der Waals surface area contributed by atoms with Gasteiger partial charge in [0.1, 0.15) is 0 Å². The number of anilines is 1. The maximum absolute atomic E-state index is 13.8. The number of ether oxygens (including phenoxy) is 2. The summed E-state index contributed by atoms with van der Waals surface area (Å²) < 4.78 is 24.9. The number of carbonyl (C=O) groups excluding carboxylic acids is 1. The van der Waals surface area contributed by atoms with Gasteiger partial charge in [0.05, 0.1) is 6.61 Å². The van der Waals surface area contributed by atoms with Crippen LogP contribution in [0.5, 0.6) is 5.75 Å². The van der Waals surface area contributed by atoms with Gasteiger partial charge in [-0.3, -0.25) is 5.32 Å². The first-order valence-electron chi connectivity index (χ1n) is 10.2. The Balaban J connectivity index is 0.000000597. The molecule has 3 N–H and O–H groups in total. The molecule has 8 heteroatoms. The number of hydrogen-bond donors (Lipinski definition) is 3. The summed E-state index contributed by atoms with van der Waals surface area (Å²) in [5.74, 6) is -1.21. The molecule has 0 bridgehead atoms. The maximum Gasteiger partial charge on any atom is 0.411 e. The quantitative estimate of drug-likeness (QED) is 0.462. The van der Waals surface area contributed by atoms with Gasteiger partial charge in [-0.1, -0.05) is 28.9 Å². The van der Waals surface area contributed by atoms with Gasteiger partial charge < -0.3 is 19.9 Å². The number of aryl methyl sites for hydroxylation is 1. The van der Waals surface area contributed by atoms with Crippen LogP contribution in [0.3, 0.4) is 0 Å². The van der Waals surface area contributed by atoms with E-state index in [1.807, 2.05) is 32.0 Å². The van der Waals surface area contributed by atoms with E-state index in [1.54, 1.807) is 7.05 Å². The molecule has 0 aromatic heterocycles. The Morgan fingerprint density at radius 1 is 1.29 bits per heavy atom. The molecule has 1 heterocycles. The molecule has 1 aliphatic heterocycles. The van der Waals surface area contributed by atoms with Gasteiger partial charge >= 0.3 is 6.09 Å². The second-order valence-electron chi connectivity index (χ2n) is 7.44. The Kier molecular flexibility index (Phi) is 10.2. The molecule has 0 radical (unpaired) electrons. The zero-order valence-corrected chi connectivity index (χ0v) is 19.7. The molecule has 0 spiro atoms. The van der Waals surface area contributed by atoms with Gasteiger partial charge in [0, 0.05) is 47.5 Å². The summed E-state index contributed by atoms with van der Waals surface area (Å²) in [4.78, 5) is 12.0. The number of benzene rings is 2. The molecular weight excluding hydrogens is 467 g/mol. The number of aromatic hydroxyl groups is 1. The van der Waals surface area contributed by atoms with E-state index in [-0.39, 0.29) is 24.8 Å². The van der Waals surface area contributed by atoms with Crippen molar-refractivity contribution >= 4 is 27.7 Å². The second-order valence-corrected chi connectivity index (χ2v) is 8.36. The minimum Gasteiger partial charge on any atom is -0.505 e. The van der Waals surface area contributed by atoms with Crippen LogP contribution in [0.15, 0.2) is 34.8 Å². The fourth-order valence-electron chi connectivity index (χ4n) is 3.20. The van der Waals surface area contributed by atoms with Crippen LogP contribution in [0.4, 0.5) is 14.9 Å². The number of phenolic OH excluding ortho intramolecular Hbond substituents is 1. The summed E-state index contributed by atoms with van der Waals surface area (Å²) in [6.07, 6.45) is 1.88. The summed E-state index contributed by atoms with van der Waals surface area (Å²) >= 11 is 3.42. The zero-order chi connectivity index (χ0) is 22.8. The first-order chi connectivity index (χ1) is 14.8. The molecule has 1 amide bonds. The van der Waals surface area contributed by atoms with Crippen molar-refractivity contribution in [3.8, 4) is 5.75 Å². The van der Waals surface area contributed by atoms with Crippen LogP contribution in [0.2, 0.25) is 0 Å². The van der Waals surface area contributed by atoms with Gasteiger partial charge in [-0.15, -0.1) is 0 Å². The number of nitrogens with one attached hydrogen (secondary N) is 2. The Morgan fingerprint density at radius 2 is 2.00 bits per heavy atom. The summed E-state index contributed by atoms with van der Waals surface area (Å²) in [7, 11) is 1.68. The number of amides is 1. The number of phenols is 1. The molecule has 170 valence electrons. The molecule has 2 aromatic rings. The SMILES string of the molecule is C1CCOC1.CNCc1cc(NC(=O)OCC(C)c2ccc(Br)cc2C)cc(F)c1O. The Bertz CT molecular complexity index is 867. The van der Waals surface area contributed by atoms with Crippen LogP contribution in [-0.4, -0.2) is 38.1 Å². The molecule has 1 atom stereocenters. The largest absolute Gasteiger partial charge is 0.505 e. The lowest BCUT2D eigenvalue weighted by Crippen LogP contribution is -2.18. The highest BCUT2D eigenvalue weighted by atomic mass is 79.9. The monoisotopic (exact) mass is 496 g/mol. The third-order valence-corrected chi connectivity index (χ3v) is 5.30. The van der Waals surface area contributed by atoms with Crippen molar-refractivity contribution in [3.05, 3.63) is 57.3 Å². The number of carbonyl (C=O) groups is 1. The Morgan fingerprint density at radius 3 is 2.58 bits per heavy atom. The van der Waals surface area contributed by atoms with Crippen molar-refractivity contribution in [2.24, 2.45) is 0 Å². The van der Waals surface area contributed by atoms with Crippen molar-refractivity contribution in [1.82, 2.24) is 5.32 Å². The van der Waals surface area contributed by atoms with E-state index < -0.39 is 17.7 Å². The Labute approximate surface area is 191 Å². The number of hydrogen-bond acceptors (Lipinski definition) is 5. The highest BCUT2D eigenvalue weighted by molar-refractivity contribution is 9.10. The number of halogens is 2. The van der Waals surface area contributed by atoms with Crippen molar-refractivity contribution in [2.45, 2.75) is 39.2 Å². The predicted octanol–water partition coefficient (Wildman–Crippen LogP) is 5.47. The molecule has 0 saturated carbocycles. The molecule has 1 unspecified atom stereocenters. The van der Waals surface area contributed by atoms with Crippen LogP contribution >= 0.6 is 15.9 Å². The first kappa shape index (κ1) is 25.1. The molecule has 31 heavy (non-hydrogen) atoms. The third-order valence-electron chi connectivity index (χ3n) is 4.81. The van der Waals surface area contributed by atoms with E-state index in [0.717, 1.165) is 34.9 Å². The minimum atomic E-state index is -0.799. The van der Waals surface area contributed by atoms with Crippen molar-refractivity contribution < 1.29 is 23.8 Å². The maximum atomic E-state index is 13.8. The van der Waals surface area contributed by atoms with Crippen LogP contribution in [0.1, 0.15) is 42.4 Å². The predicted molar refractivity (Wildman–Crippen MR) is 123 cm³/mol. The minimum absolute atomic E-state index is 0.0188. The van der Waals surface area contributed by atoms with Gasteiger partial charge in [-0.25, -0.2) is 9.18 Å². The summed E-state index contributed by atoms with van der Waals surface area (Å²) in [5, 5.41) is 15.0. The lowest BCUT2D eigenvalue weighted by molar-refractivity contribution is 0.155. The lowest BCUT2D eigenvalue weighted by atomic mass is 9.97. The van der Waals surface area contributed by atoms with E-state index in [9.17, 15) is 14.3 Å². The van der Waals surface area contributed by atoms with E-state index in [0.29, 0.717) is 5.56 Å². The van der Waals surface area contributed by atoms with Crippen LogP contribution in [-0.2, 0) is 16.0 Å². The Hall–Kier alpha value is -2.16. The van der Waals surface area contributed by atoms with Crippen LogP contribution < -0.4 is 10.6 Å². The molecular formula is C23H30BrFN2O4. The van der Waals surface area contributed by atoms with Gasteiger partial charge in [-0.2, -0.15) is 0 Å². The van der Waals surface area contributed by atoms with Crippen molar-refractivity contribution in [1.29, 1.82) is 0 Å². The van der Waals surface area contributed by atoms with Crippen molar-refractivity contribution in [2.75, 3.05) is 32.2 Å². The van der Waals surface area contributed by atoms with Gasteiger partial charge in [0.15, 0.2) is 11.6 Å². The van der Waals surface area contributed by atoms with E-state index >= 15 is 0 Å². The fraction of sp³-hybridized carbons (Fsp3) is 0.435. The average Bonchev–Trinajstić information content (AvgIpc) is 3.30. The van der Waals surface area contributed by atoms with E-state index in [1.165, 1.54) is 18.9 Å². The fourth-order valence-corrected chi connectivity index (χ4v) is 3.68. The molecule has 1 aliphatic rings. The molecule has 0 aliphatic carbocycles. The molecule has 3 rings (SSSR count). The zero-order valence-electron chi connectivity index (χ0n) is 18.1. The lowest BCUT2D eigenvalue weighted by Gasteiger charge is -2.16. The third kappa shape index (κ3) is 8.12. The molecule has 6 nitrogen and oxygen atoms in total. The van der Waals surface area contributed by atoms with E-state index in [4.69, 9.17) is 9.47 Å². The summed E-state index contributed by atoms with van der Waals surface area (Å²) in [6, 6.07) is 8.50. The van der Waals surface area contributed by atoms with Gasteiger partial charge in [0.25, 0.3) is 0 Å². The van der Waals surface area contributed by atoms with Gasteiger partial charge in [-0.05, 0) is 56.1 Å². The highest BCUT2D eigenvalue weighted by Crippen LogP contribution is 2.26. The van der Waals surface area contributed by atoms with Crippen LogP contribution in [0, 0.1) is 12.7 Å².